The number of hydrogen-bond donors (Lipinski definition) is 1. The highest BCUT2D eigenvalue weighted by Gasteiger charge is 2.45. The lowest BCUT2D eigenvalue weighted by Gasteiger charge is -2.43. The zero-order valence-electron chi connectivity index (χ0n) is 9.62. The first-order valence-electron chi connectivity index (χ1n) is 6.23. The van der Waals surface area contributed by atoms with Gasteiger partial charge in [0, 0.05) is 5.92 Å². The zero-order valence-corrected chi connectivity index (χ0v) is 9.62. The normalized spacial score (nSPS) is 34.8. The third kappa shape index (κ3) is 1.68. The minimum Gasteiger partial charge on any atom is -0.481 e. The van der Waals surface area contributed by atoms with Crippen molar-refractivity contribution in [3.05, 3.63) is 48.0 Å². The first-order chi connectivity index (χ1) is 8.27. The van der Waals surface area contributed by atoms with Crippen LogP contribution in [-0.4, -0.2) is 11.1 Å². The Kier molecular flexibility index (Phi) is 2.50. The molecular weight excluding hydrogens is 212 g/mol. The van der Waals surface area contributed by atoms with Gasteiger partial charge in [0.05, 0.1) is 5.92 Å². The van der Waals surface area contributed by atoms with Gasteiger partial charge in [0.1, 0.15) is 0 Å². The van der Waals surface area contributed by atoms with E-state index < -0.39 is 5.97 Å². The average Bonchev–Trinajstić information content (AvgIpc) is 2.40. The number of rotatable bonds is 2. The summed E-state index contributed by atoms with van der Waals surface area (Å²) in [7, 11) is 0. The third-order valence-corrected chi connectivity index (χ3v) is 4.22. The van der Waals surface area contributed by atoms with Gasteiger partial charge in [0.2, 0.25) is 0 Å². The van der Waals surface area contributed by atoms with Crippen LogP contribution in [0.4, 0.5) is 0 Å². The van der Waals surface area contributed by atoms with Crippen molar-refractivity contribution in [1.82, 2.24) is 0 Å². The van der Waals surface area contributed by atoms with Crippen molar-refractivity contribution in [2.45, 2.75) is 18.8 Å². The summed E-state index contributed by atoms with van der Waals surface area (Å²) in [6, 6.07) is 10.1. The highest BCUT2D eigenvalue weighted by atomic mass is 16.4. The van der Waals surface area contributed by atoms with E-state index in [-0.39, 0.29) is 17.8 Å². The number of allylic oxidation sites excluding steroid dienone is 2. The standard InChI is InChI=1S/C15H16O2/c16-15(17)14-12-8-6-11(7-9-12)13(14)10-4-2-1-3-5-10/h1-6,8,11-14H,7,9H2,(H,16,17)/t11-,12+,13-,14+/m1/s1. The molecule has 1 aromatic carbocycles. The number of benzene rings is 1. The lowest BCUT2D eigenvalue weighted by atomic mass is 9.60. The number of carboxylic acid groups (broad SMARTS) is 1. The van der Waals surface area contributed by atoms with E-state index in [2.05, 4.69) is 24.3 Å². The molecule has 1 fully saturated rings. The molecule has 0 radical (unpaired) electrons. The van der Waals surface area contributed by atoms with Gasteiger partial charge in [0.25, 0.3) is 0 Å². The molecule has 0 aliphatic heterocycles. The van der Waals surface area contributed by atoms with Crippen molar-refractivity contribution in [3.8, 4) is 0 Å². The Labute approximate surface area is 101 Å². The fourth-order valence-corrected chi connectivity index (χ4v) is 3.46. The van der Waals surface area contributed by atoms with Crippen LogP contribution < -0.4 is 0 Å². The minimum atomic E-state index is -0.641. The van der Waals surface area contributed by atoms with Gasteiger partial charge >= 0.3 is 5.97 Å². The average molecular weight is 228 g/mol. The first-order valence-corrected chi connectivity index (χ1v) is 6.23. The molecule has 0 unspecified atom stereocenters. The highest BCUT2D eigenvalue weighted by molar-refractivity contribution is 5.73. The second-order valence-electron chi connectivity index (χ2n) is 5.09. The topological polar surface area (TPSA) is 37.3 Å². The Morgan fingerprint density at radius 2 is 1.71 bits per heavy atom. The van der Waals surface area contributed by atoms with E-state index in [4.69, 9.17) is 0 Å². The Hall–Kier alpha value is -1.57. The Bertz CT molecular complexity index is 449. The lowest BCUT2D eigenvalue weighted by molar-refractivity contribution is -0.146. The van der Waals surface area contributed by atoms with Gasteiger partial charge in [-0.15, -0.1) is 0 Å². The molecule has 1 aromatic rings. The number of fused-ring (bicyclic) bond motifs is 2. The zero-order chi connectivity index (χ0) is 11.8. The molecule has 0 amide bonds. The van der Waals surface area contributed by atoms with E-state index in [1.165, 1.54) is 5.56 Å². The maximum Gasteiger partial charge on any atom is 0.307 e. The number of carboxylic acids is 1. The van der Waals surface area contributed by atoms with Crippen LogP contribution in [-0.2, 0) is 4.79 Å². The monoisotopic (exact) mass is 228 g/mol. The summed E-state index contributed by atoms with van der Waals surface area (Å²) in [4.78, 5) is 11.5. The molecule has 0 aromatic heterocycles. The molecule has 4 atom stereocenters. The SMILES string of the molecule is O=C(O)[C@@H]1[C@H](c2ccccc2)[C@@H]2C=C[C@H]1CC2. The Morgan fingerprint density at radius 1 is 1.06 bits per heavy atom. The van der Waals surface area contributed by atoms with E-state index in [1.54, 1.807) is 0 Å². The molecule has 4 rings (SSSR count). The van der Waals surface area contributed by atoms with Crippen molar-refractivity contribution in [2.24, 2.45) is 17.8 Å². The van der Waals surface area contributed by atoms with Crippen molar-refractivity contribution < 1.29 is 9.90 Å². The van der Waals surface area contributed by atoms with Crippen LogP contribution in [0.5, 0.6) is 0 Å². The van der Waals surface area contributed by atoms with Crippen molar-refractivity contribution in [2.75, 3.05) is 0 Å². The van der Waals surface area contributed by atoms with Crippen molar-refractivity contribution in [1.29, 1.82) is 0 Å². The van der Waals surface area contributed by atoms with Crippen LogP contribution in [0.1, 0.15) is 24.3 Å². The quantitative estimate of drug-likeness (QED) is 0.790. The fraction of sp³-hybridized carbons (Fsp3) is 0.400. The number of carbonyl (C=O) groups is 1. The molecule has 3 aliphatic rings. The fourth-order valence-electron chi connectivity index (χ4n) is 3.46. The molecule has 88 valence electrons. The summed E-state index contributed by atoms with van der Waals surface area (Å²) in [5.41, 5.74) is 1.18. The second kappa shape index (κ2) is 4.02. The predicted octanol–water partition coefficient (Wildman–Crippen LogP) is 3.07. The molecule has 2 bridgehead atoms. The minimum absolute atomic E-state index is 0.164. The predicted molar refractivity (Wildman–Crippen MR) is 65.7 cm³/mol. The van der Waals surface area contributed by atoms with Gasteiger partial charge < -0.3 is 5.11 Å². The second-order valence-corrected chi connectivity index (χ2v) is 5.09. The van der Waals surface area contributed by atoms with E-state index in [0.29, 0.717) is 5.92 Å². The van der Waals surface area contributed by atoms with E-state index in [1.807, 2.05) is 18.2 Å². The van der Waals surface area contributed by atoms with Crippen LogP contribution in [0.3, 0.4) is 0 Å². The molecule has 0 heterocycles. The smallest absolute Gasteiger partial charge is 0.307 e. The number of hydrogen-bond acceptors (Lipinski definition) is 1. The van der Waals surface area contributed by atoms with Crippen molar-refractivity contribution >= 4 is 5.97 Å². The molecule has 1 saturated carbocycles. The molecule has 3 aliphatic carbocycles. The van der Waals surface area contributed by atoms with Crippen LogP contribution in [0.2, 0.25) is 0 Å². The first kappa shape index (κ1) is 10.6. The maximum absolute atomic E-state index is 11.5. The van der Waals surface area contributed by atoms with Gasteiger partial charge in [-0.25, -0.2) is 0 Å². The van der Waals surface area contributed by atoms with Gasteiger partial charge in [-0.3, -0.25) is 4.79 Å². The van der Waals surface area contributed by atoms with Crippen LogP contribution in [0.25, 0.3) is 0 Å². The van der Waals surface area contributed by atoms with E-state index in [0.717, 1.165) is 12.8 Å². The summed E-state index contributed by atoms with van der Waals surface area (Å²) in [5, 5.41) is 9.46. The van der Waals surface area contributed by atoms with Gasteiger partial charge in [0.15, 0.2) is 0 Å². The molecule has 0 saturated heterocycles. The Balaban J connectivity index is 2.02. The van der Waals surface area contributed by atoms with Gasteiger partial charge in [-0.1, -0.05) is 42.5 Å². The maximum atomic E-state index is 11.5. The van der Waals surface area contributed by atoms with Crippen LogP contribution in [0, 0.1) is 17.8 Å². The largest absolute Gasteiger partial charge is 0.481 e. The summed E-state index contributed by atoms with van der Waals surface area (Å²) < 4.78 is 0. The summed E-state index contributed by atoms with van der Waals surface area (Å²) >= 11 is 0. The third-order valence-electron chi connectivity index (χ3n) is 4.22. The highest BCUT2D eigenvalue weighted by Crippen LogP contribution is 2.49. The molecule has 0 spiro atoms. The molecule has 1 N–H and O–H groups in total. The van der Waals surface area contributed by atoms with Crippen LogP contribution in [0.15, 0.2) is 42.5 Å². The molecule has 2 heteroatoms. The summed E-state index contributed by atoms with van der Waals surface area (Å²) in [5.74, 6) is -0.0808. The Morgan fingerprint density at radius 3 is 2.29 bits per heavy atom. The lowest BCUT2D eigenvalue weighted by Crippen LogP contribution is -2.39. The summed E-state index contributed by atoms with van der Waals surface area (Å²) in [6.07, 6.45) is 6.50. The summed E-state index contributed by atoms with van der Waals surface area (Å²) in [6.45, 7) is 0. The van der Waals surface area contributed by atoms with Gasteiger partial charge in [-0.2, -0.15) is 0 Å². The van der Waals surface area contributed by atoms with Crippen LogP contribution >= 0.6 is 0 Å². The molecule has 2 nitrogen and oxygen atoms in total. The number of aliphatic carboxylic acids is 1. The van der Waals surface area contributed by atoms with Gasteiger partial charge in [-0.05, 0) is 30.2 Å². The molecular formula is C15H16O2. The molecule has 17 heavy (non-hydrogen) atoms. The van der Waals surface area contributed by atoms with Crippen molar-refractivity contribution in [3.63, 3.8) is 0 Å². The van der Waals surface area contributed by atoms with E-state index >= 15 is 0 Å². The van der Waals surface area contributed by atoms with E-state index in [9.17, 15) is 9.90 Å².